The van der Waals surface area contributed by atoms with Gasteiger partial charge in [-0.3, -0.25) is 9.10 Å². The topological polar surface area (TPSA) is 106 Å². The van der Waals surface area contributed by atoms with Crippen molar-refractivity contribution in [3.05, 3.63) is 48.0 Å². The summed E-state index contributed by atoms with van der Waals surface area (Å²) in [6, 6.07) is 12.5. The lowest BCUT2D eigenvalue weighted by molar-refractivity contribution is -0.138. The molecule has 8 nitrogen and oxygen atoms in total. The number of nitrogens with zero attached hydrogens (tertiary/aromatic N) is 2. The third kappa shape index (κ3) is 4.53. The van der Waals surface area contributed by atoms with Gasteiger partial charge in [-0.1, -0.05) is 12.1 Å². The Hall–Kier alpha value is -3.25. The van der Waals surface area contributed by atoms with Crippen LogP contribution in [0.3, 0.4) is 0 Å². The van der Waals surface area contributed by atoms with Gasteiger partial charge in [0.25, 0.3) is 10.0 Å². The number of esters is 1. The van der Waals surface area contributed by atoms with Gasteiger partial charge in [-0.05, 0) is 29.8 Å². The third-order valence-corrected chi connectivity index (χ3v) is 5.72. The smallest absolute Gasteiger partial charge is 0.326 e. The molecule has 0 aliphatic carbocycles. The number of hydrogen-bond donors (Lipinski definition) is 0. The first-order valence-corrected chi connectivity index (χ1v) is 9.58. The Bertz CT molecular complexity index is 980. The van der Waals surface area contributed by atoms with Crippen molar-refractivity contribution in [2.45, 2.75) is 11.3 Å². The monoisotopic (exact) mass is 404 g/mol. The van der Waals surface area contributed by atoms with Crippen molar-refractivity contribution in [1.29, 1.82) is 5.26 Å². The van der Waals surface area contributed by atoms with Crippen LogP contribution in [0.15, 0.2) is 47.4 Å². The zero-order valence-electron chi connectivity index (χ0n) is 15.7. The molecule has 0 saturated heterocycles. The fourth-order valence-corrected chi connectivity index (χ4v) is 3.90. The predicted octanol–water partition coefficient (Wildman–Crippen LogP) is 2.14. The molecular formula is C19H20N2O6S. The number of sulfonamides is 1. The minimum atomic E-state index is -4.11. The van der Waals surface area contributed by atoms with Crippen molar-refractivity contribution in [1.82, 2.24) is 0 Å². The first-order chi connectivity index (χ1) is 13.4. The van der Waals surface area contributed by atoms with E-state index in [1.165, 1.54) is 51.7 Å². The highest BCUT2D eigenvalue weighted by atomic mass is 32.2. The maximum atomic E-state index is 13.2. The third-order valence-electron chi connectivity index (χ3n) is 3.95. The predicted molar refractivity (Wildman–Crippen MR) is 102 cm³/mol. The van der Waals surface area contributed by atoms with Crippen LogP contribution in [0.25, 0.3) is 0 Å². The summed E-state index contributed by atoms with van der Waals surface area (Å²) in [5, 5.41) is 8.78. The molecule has 2 aromatic carbocycles. The summed E-state index contributed by atoms with van der Waals surface area (Å²) in [4.78, 5) is 11.8. The number of anilines is 1. The Balaban J connectivity index is 2.52. The van der Waals surface area contributed by atoms with Crippen molar-refractivity contribution < 1.29 is 27.4 Å². The second-order valence-electron chi connectivity index (χ2n) is 5.61. The second kappa shape index (κ2) is 9.10. The molecule has 0 atom stereocenters. The number of benzene rings is 2. The molecule has 0 N–H and O–H groups in total. The molecule has 2 aromatic rings. The number of ether oxygens (including phenoxy) is 3. The standard InChI is InChI=1S/C19H20N2O6S/c1-25-17-9-8-16(12-18(17)26-2)28(23,24)21(13-19(22)27-3)15-6-4-14(5-7-15)10-11-20/h4-9,12H,10,13H2,1-3H3. The highest BCUT2D eigenvalue weighted by Gasteiger charge is 2.28. The lowest BCUT2D eigenvalue weighted by Gasteiger charge is -2.24. The van der Waals surface area contributed by atoms with Crippen LogP contribution in [-0.2, 0) is 26.0 Å². The van der Waals surface area contributed by atoms with Crippen molar-refractivity contribution in [3.8, 4) is 17.6 Å². The summed E-state index contributed by atoms with van der Waals surface area (Å²) in [7, 11) is -0.0899. The molecule has 0 unspecified atom stereocenters. The quantitative estimate of drug-likeness (QED) is 0.621. The minimum Gasteiger partial charge on any atom is -0.493 e. The summed E-state index contributed by atoms with van der Waals surface area (Å²) in [5.74, 6) is -0.0991. The Kier molecular flexibility index (Phi) is 6.84. The van der Waals surface area contributed by atoms with E-state index >= 15 is 0 Å². The van der Waals surface area contributed by atoms with Gasteiger partial charge in [-0.25, -0.2) is 8.42 Å². The van der Waals surface area contributed by atoms with E-state index < -0.39 is 22.5 Å². The Morgan fingerprint density at radius 3 is 2.21 bits per heavy atom. The summed E-state index contributed by atoms with van der Waals surface area (Å²) in [5.41, 5.74) is 0.995. The molecule has 0 amide bonds. The van der Waals surface area contributed by atoms with E-state index in [1.54, 1.807) is 12.1 Å². The van der Waals surface area contributed by atoms with Crippen LogP contribution in [0.4, 0.5) is 5.69 Å². The van der Waals surface area contributed by atoms with Crippen molar-refractivity contribution in [2.75, 3.05) is 32.2 Å². The lowest BCUT2D eigenvalue weighted by Crippen LogP contribution is -2.36. The van der Waals surface area contributed by atoms with Gasteiger partial charge in [0.15, 0.2) is 11.5 Å². The van der Waals surface area contributed by atoms with E-state index in [1.807, 2.05) is 6.07 Å². The van der Waals surface area contributed by atoms with Gasteiger partial charge in [-0.2, -0.15) is 5.26 Å². The van der Waals surface area contributed by atoms with E-state index in [-0.39, 0.29) is 22.8 Å². The van der Waals surface area contributed by atoms with Gasteiger partial charge >= 0.3 is 5.97 Å². The fourth-order valence-electron chi connectivity index (χ4n) is 2.47. The van der Waals surface area contributed by atoms with Crippen molar-refractivity contribution in [2.24, 2.45) is 0 Å². The van der Waals surface area contributed by atoms with Crippen molar-refractivity contribution in [3.63, 3.8) is 0 Å². The van der Waals surface area contributed by atoms with Crippen molar-refractivity contribution >= 4 is 21.7 Å². The van der Waals surface area contributed by atoms with Gasteiger partial charge < -0.3 is 14.2 Å². The van der Waals surface area contributed by atoms with Gasteiger partial charge in [0.2, 0.25) is 0 Å². The molecule has 148 valence electrons. The van der Waals surface area contributed by atoms with Crippen LogP contribution >= 0.6 is 0 Å². The van der Waals surface area contributed by atoms with Gasteiger partial charge in [0.05, 0.1) is 44.4 Å². The number of carbonyl (C=O) groups is 1. The summed E-state index contributed by atoms with van der Waals surface area (Å²) in [6.45, 7) is -0.509. The molecule has 0 saturated carbocycles. The van der Waals surface area contributed by atoms with E-state index in [4.69, 9.17) is 14.7 Å². The molecule has 0 spiro atoms. The zero-order valence-corrected chi connectivity index (χ0v) is 16.5. The Morgan fingerprint density at radius 2 is 1.68 bits per heavy atom. The lowest BCUT2D eigenvalue weighted by atomic mass is 10.1. The maximum Gasteiger partial charge on any atom is 0.326 e. The normalized spacial score (nSPS) is 10.6. The largest absolute Gasteiger partial charge is 0.493 e. The van der Waals surface area contributed by atoms with Gasteiger partial charge in [-0.15, -0.1) is 0 Å². The molecule has 0 fully saturated rings. The molecule has 28 heavy (non-hydrogen) atoms. The van der Waals surface area contributed by atoms with E-state index in [0.717, 1.165) is 9.87 Å². The molecule has 0 bridgehead atoms. The zero-order chi connectivity index (χ0) is 20.7. The Morgan fingerprint density at radius 1 is 1.04 bits per heavy atom. The average molecular weight is 404 g/mol. The van der Waals surface area contributed by atoms with Gasteiger partial charge in [0, 0.05) is 6.07 Å². The SMILES string of the molecule is COC(=O)CN(c1ccc(CC#N)cc1)S(=O)(=O)c1ccc(OC)c(OC)c1. The van der Waals surface area contributed by atoms with E-state index in [0.29, 0.717) is 5.75 Å². The van der Waals surface area contributed by atoms with Crippen LogP contribution in [0.2, 0.25) is 0 Å². The molecular weight excluding hydrogens is 384 g/mol. The number of nitriles is 1. The molecule has 0 heterocycles. The summed E-state index contributed by atoms with van der Waals surface area (Å²) in [6.07, 6.45) is 0.194. The molecule has 0 aliphatic heterocycles. The first-order valence-electron chi connectivity index (χ1n) is 8.14. The molecule has 2 rings (SSSR count). The molecule has 0 aliphatic rings. The highest BCUT2D eigenvalue weighted by Crippen LogP contribution is 2.32. The molecule has 0 aromatic heterocycles. The second-order valence-corrected chi connectivity index (χ2v) is 7.47. The van der Waals surface area contributed by atoms with Crippen LogP contribution in [0.1, 0.15) is 5.56 Å². The number of methoxy groups -OCH3 is 3. The first kappa shape index (κ1) is 21.1. The highest BCUT2D eigenvalue weighted by molar-refractivity contribution is 7.92. The van der Waals surface area contributed by atoms with Crippen LogP contribution in [-0.4, -0.2) is 42.3 Å². The number of rotatable bonds is 8. The molecule has 0 radical (unpaired) electrons. The average Bonchev–Trinajstić information content (AvgIpc) is 2.72. The summed E-state index contributed by atoms with van der Waals surface area (Å²) < 4.78 is 42.4. The van der Waals surface area contributed by atoms with E-state index in [2.05, 4.69) is 4.74 Å². The van der Waals surface area contributed by atoms with Crippen LogP contribution < -0.4 is 13.8 Å². The number of hydrogen-bond acceptors (Lipinski definition) is 7. The molecule has 9 heteroatoms. The maximum absolute atomic E-state index is 13.2. The fraction of sp³-hybridized carbons (Fsp3) is 0.263. The minimum absolute atomic E-state index is 0.0739. The van der Waals surface area contributed by atoms with Crippen LogP contribution in [0.5, 0.6) is 11.5 Å². The Labute approximate surface area is 163 Å². The van der Waals surface area contributed by atoms with Crippen LogP contribution in [0, 0.1) is 11.3 Å². The van der Waals surface area contributed by atoms with E-state index in [9.17, 15) is 13.2 Å². The number of carbonyl (C=O) groups excluding carboxylic acids is 1. The summed E-state index contributed by atoms with van der Waals surface area (Å²) >= 11 is 0. The van der Waals surface area contributed by atoms with Gasteiger partial charge in [0.1, 0.15) is 6.54 Å².